The van der Waals surface area contributed by atoms with Crippen LogP contribution in [0.15, 0.2) is 0 Å². The maximum atomic E-state index is 11.6. The van der Waals surface area contributed by atoms with Crippen LogP contribution in [0.2, 0.25) is 11.1 Å². The summed E-state index contributed by atoms with van der Waals surface area (Å²) in [6, 6.07) is 0. The fourth-order valence-electron chi connectivity index (χ4n) is 4.68. The Morgan fingerprint density at radius 1 is 0.611 bits per heavy atom. The lowest BCUT2D eigenvalue weighted by molar-refractivity contribution is -0.112. The third kappa shape index (κ3) is 12.3. The van der Waals surface area contributed by atoms with Crippen LogP contribution in [0, 0.1) is 0 Å². The van der Waals surface area contributed by atoms with Crippen molar-refractivity contribution in [2.24, 2.45) is 0 Å². The molecular weight excluding hydrogens is 518 g/mol. The van der Waals surface area contributed by atoms with E-state index in [-0.39, 0.29) is 16.3 Å². The van der Waals surface area contributed by atoms with Crippen LogP contribution in [0.4, 0.5) is 0 Å². The standard InChI is InChI=1S/C25H54ClNO7Si2/c1-9-23(35(29-11-3,30-12-4)31-13-5)17-20-27(22-19-25(26)28)21-18-24(10-2)36(32-14-6,33-15-7)34-16-8/h23-24H,9-22H2,1-8H3. The molecule has 0 saturated carbocycles. The van der Waals surface area contributed by atoms with E-state index in [1.807, 2.05) is 41.5 Å². The number of hydrogen-bond donors (Lipinski definition) is 0. The van der Waals surface area contributed by atoms with Gasteiger partial charge in [0, 0.05) is 63.7 Å². The van der Waals surface area contributed by atoms with E-state index in [9.17, 15) is 4.79 Å². The Morgan fingerprint density at radius 2 is 0.917 bits per heavy atom. The highest BCUT2D eigenvalue weighted by Crippen LogP contribution is 2.34. The van der Waals surface area contributed by atoms with Gasteiger partial charge in [-0.3, -0.25) is 4.79 Å². The molecule has 2 atom stereocenters. The fourth-order valence-corrected chi connectivity index (χ4v) is 11.1. The van der Waals surface area contributed by atoms with Crippen LogP contribution in [-0.2, 0) is 31.4 Å². The van der Waals surface area contributed by atoms with Gasteiger partial charge in [0.1, 0.15) is 0 Å². The molecule has 0 aromatic carbocycles. The van der Waals surface area contributed by atoms with Gasteiger partial charge in [0.25, 0.3) is 0 Å². The quantitative estimate of drug-likeness (QED) is 0.0993. The highest BCUT2D eigenvalue weighted by Gasteiger charge is 2.49. The Hall–Kier alpha value is 0.114. The van der Waals surface area contributed by atoms with Crippen LogP contribution in [0.3, 0.4) is 0 Å². The number of nitrogens with zero attached hydrogens (tertiary/aromatic N) is 1. The van der Waals surface area contributed by atoms with Crippen molar-refractivity contribution in [3.8, 4) is 0 Å². The Labute approximate surface area is 228 Å². The maximum absolute atomic E-state index is 11.6. The van der Waals surface area contributed by atoms with E-state index < -0.39 is 17.6 Å². The lowest BCUT2D eigenvalue weighted by atomic mass is 10.2. The van der Waals surface area contributed by atoms with Gasteiger partial charge < -0.3 is 31.5 Å². The predicted octanol–water partition coefficient (Wildman–Crippen LogP) is 5.88. The van der Waals surface area contributed by atoms with Gasteiger partial charge in [0.05, 0.1) is 0 Å². The largest absolute Gasteiger partial charge is 0.504 e. The zero-order valence-corrected chi connectivity index (χ0v) is 27.0. The summed E-state index contributed by atoms with van der Waals surface area (Å²) in [5.41, 5.74) is 0.356. The molecule has 0 radical (unpaired) electrons. The first kappa shape index (κ1) is 36.1. The number of halogens is 1. The van der Waals surface area contributed by atoms with Crippen molar-refractivity contribution >= 4 is 34.5 Å². The van der Waals surface area contributed by atoms with Crippen molar-refractivity contribution in [1.82, 2.24) is 4.90 Å². The van der Waals surface area contributed by atoms with E-state index in [4.69, 9.17) is 38.2 Å². The van der Waals surface area contributed by atoms with E-state index in [1.165, 1.54) is 0 Å². The average molecular weight is 572 g/mol. The molecule has 0 heterocycles. The van der Waals surface area contributed by atoms with Crippen LogP contribution in [0.5, 0.6) is 0 Å². The topological polar surface area (TPSA) is 75.7 Å². The van der Waals surface area contributed by atoms with E-state index in [0.717, 1.165) is 38.8 Å². The van der Waals surface area contributed by atoms with Crippen molar-refractivity contribution in [2.75, 3.05) is 59.3 Å². The Balaban J connectivity index is 5.66. The van der Waals surface area contributed by atoms with Crippen molar-refractivity contribution in [3.63, 3.8) is 0 Å². The summed E-state index contributed by atoms with van der Waals surface area (Å²) in [5, 5.41) is -0.317. The smallest absolute Gasteiger partial charge is 0.374 e. The summed E-state index contributed by atoms with van der Waals surface area (Å²) < 4.78 is 37.1. The Bertz CT molecular complexity index is 490. The second kappa shape index (κ2) is 21.0. The number of carbonyl (C=O) groups is 1. The minimum atomic E-state index is -2.82. The van der Waals surface area contributed by atoms with Crippen LogP contribution < -0.4 is 0 Å². The summed E-state index contributed by atoms with van der Waals surface area (Å²) in [7, 11) is -5.65. The summed E-state index contributed by atoms with van der Waals surface area (Å²) in [4.78, 5) is 13.9. The molecule has 2 unspecified atom stereocenters. The Kier molecular flexibility index (Phi) is 21.1. The van der Waals surface area contributed by atoms with Gasteiger partial charge >= 0.3 is 17.6 Å². The van der Waals surface area contributed by atoms with Crippen molar-refractivity contribution in [2.45, 2.75) is 98.6 Å². The minimum absolute atomic E-state index is 0.178. The van der Waals surface area contributed by atoms with Gasteiger partial charge in [0.15, 0.2) is 0 Å². The Morgan fingerprint density at radius 3 is 1.14 bits per heavy atom. The molecule has 11 heteroatoms. The third-order valence-corrected chi connectivity index (χ3v) is 14.0. The van der Waals surface area contributed by atoms with E-state index in [2.05, 4.69) is 18.7 Å². The van der Waals surface area contributed by atoms with Gasteiger partial charge in [0.2, 0.25) is 5.24 Å². The highest BCUT2D eigenvalue weighted by molar-refractivity contribution is 6.63. The molecule has 36 heavy (non-hydrogen) atoms. The van der Waals surface area contributed by atoms with Gasteiger partial charge in [-0.05, 0) is 91.9 Å². The first-order valence-electron chi connectivity index (χ1n) is 14.0. The average Bonchev–Trinajstić information content (AvgIpc) is 2.83. The van der Waals surface area contributed by atoms with Gasteiger partial charge in [-0.15, -0.1) is 0 Å². The first-order chi connectivity index (χ1) is 17.3. The monoisotopic (exact) mass is 571 g/mol. The maximum Gasteiger partial charge on any atom is 0.504 e. The second-order valence-corrected chi connectivity index (χ2v) is 14.7. The predicted molar refractivity (Wildman–Crippen MR) is 150 cm³/mol. The molecule has 0 amide bonds. The summed E-state index contributed by atoms with van der Waals surface area (Å²) in [6.45, 7) is 21.8. The van der Waals surface area contributed by atoms with Crippen molar-refractivity contribution in [1.29, 1.82) is 0 Å². The zero-order valence-electron chi connectivity index (χ0n) is 24.2. The van der Waals surface area contributed by atoms with Gasteiger partial charge in [-0.1, -0.05) is 13.8 Å². The molecule has 216 valence electrons. The van der Waals surface area contributed by atoms with Crippen LogP contribution >= 0.6 is 11.6 Å². The molecule has 0 aromatic heterocycles. The molecule has 0 aliphatic rings. The van der Waals surface area contributed by atoms with E-state index >= 15 is 0 Å². The molecule has 0 aromatic rings. The first-order valence-corrected chi connectivity index (χ1v) is 18.0. The molecule has 0 aliphatic heterocycles. The molecule has 0 N–H and O–H groups in total. The van der Waals surface area contributed by atoms with Gasteiger partial charge in [-0.2, -0.15) is 0 Å². The van der Waals surface area contributed by atoms with Crippen molar-refractivity contribution < 1.29 is 31.4 Å². The van der Waals surface area contributed by atoms with E-state index in [0.29, 0.717) is 52.6 Å². The number of rotatable bonds is 25. The molecule has 0 rings (SSSR count). The molecule has 0 fully saturated rings. The summed E-state index contributed by atoms with van der Waals surface area (Å²) in [6.07, 6.45) is 3.84. The SMILES string of the molecule is CCO[Si](OCC)(OCC)C(CC)CCN(CCC(=O)Cl)CCC(CC)[Si](OCC)(OCC)OCC. The fraction of sp³-hybridized carbons (Fsp3) is 0.960. The highest BCUT2D eigenvalue weighted by atomic mass is 35.5. The number of carbonyl (C=O) groups excluding carboxylic acids is 1. The molecule has 0 spiro atoms. The van der Waals surface area contributed by atoms with Crippen molar-refractivity contribution in [3.05, 3.63) is 0 Å². The van der Waals surface area contributed by atoms with E-state index in [1.54, 1.807) is 0 Å². The molecule has 0 saturated heterocycles. The normalized spacial score (nSPS) is 14.4. The summed E-state index contributed by atoms with van der Waals surface area (Å²) in [5.74, 6) is 0. The van der Waals surface area contributed by atoms with Crippen LogP contribution in [0.1, 0.15) is 87.5 Å². The zero-order chi connectivity index (χ0) is 27.5. The summed E-state index contributed by atoms with van der Waals surface area (Å²) >= 11 is 5.72. The second-order valence-electron chi connectivity index (χ2n) is 8.54. The molecule has 0 bridgehead atoms. The molecule has 8 nitrogen and oxygen atoms in total. The molecular formula is C25H54ClNO7Si2. The van der Waals surface area contributed by atoms with Crippen LogP contribution in [0.25, 0.3) is 0 Å². The van der Waals surface area contributed by atoms with Gasteiger partial charge in [-0.25, -0.2) is 0 Å². The third-order valence-electron chi connectivity index (χ3n) is 6.27. The lowest BCUT2D eigenvalue weighted by Crippen LogP contribution is -2.51. The number of hydrogen-bond acceptors (Lipinski definition) is 8. The molecule has 0 aliphatic carbocycles. The van der Waals surface area contributed by atoms with Crippen LogP contribution in [-0.4, -0.2) is 87.0 Å². The lowest BCUT2D eigenvalue weighted by Gasteiger charge is -2.37. The minimum Gasteiger partial charge on any atom is -0.374 e.